The van der Waals surface area contributed by atoms with Crippen LogP contribution >= 0.6 is 34.2 Å². The Bertz CT molecular complexity index is 374. The molecule has 1 unspecified atom stereocenters. The van der Waals surface area contributed by atoms with Crippen LogP contribution in [0.5, 0.6) is 5.75 Å². The molecule has 0 saturated carbocycles. The number of carbonyl (C=O) groups is 1. The fourth-order valence-corrected chi connectivity index (χ4v) is 2.00. The van der Waals surface area contributed by atoms with Crippen LogP contribution in [-0.4, -0.2) is 17.2 Å². The van der Waals surface area contributed by atoms with E-state index in [0.29, 0.717) is 17.2 Å². The van der Waals surface area contributed by atoms with E-state index in [4.69, 9.17) is 21.4 Å². The summed E-state index contributed by atoms with van der Waals surface area (Å²) in [6.07, 6.45) is -0.374. The molecule has 3 nitrogen and oxygen atoms in total. The molecule has 1 aromatic rings. The minimum atomic E-state index is -0.938. The molecule has 0 spiro atoms. The summed E-state index contributed by atoms with van der Waals surface area (Å²) in [4.78, 5) is 10.7. The molecule has 74 valence electrons. The topological polar surface area (TPSA) is 46.5 Å². The average Bonchev–Trinajstić information content (AvgIpc) is 2.48. The molecule has 0 aliphatic carbocycles. The van der Waals surface area contributed by atoms with Crippen molar-refractivity contribution in [3.05, 3.63) is 26.3 Å². The zero-order valence-electron chi connectivity index (χ0n) is 6.96. The molecule has 1 atom stereocenters. The maximum absolute atomic E-state index is 10.7. The third-order valence-electron chi connectivity index (χ3n) is 2.05. The second-order valence-electron chi connectivity index (χ2n) is 3.02. The number of halogens is 2. The Kier molecular flexibility index (Phi) is 2.57. The van der Waals surface area contributed by atoms with Crippen LogP contribution in [0, 0.1) is 3.57 Å². The van der Waals surface area contributed by atoms with E-state index in [1.807, 2.05) is 0 Å². The van der Waals surface area contributed by atoms with E-state index in [1.165, 1.54) is 0 Å². The van der Waals surface area contributed by atoms with Gasteiger partial charge in [0.15, 0.2) is 6.10 Å². The van der Waals surface area contributed by atoms with Crippen molar-refractivity contribution in [2.24, 2.45) is 0 Å². The van der Waals surface area contributed by atoms with Crippen LogP contribution in [0.25, 0.3) is 0 Å². The Balaban J connectivity index is 2.36. The van der Waals surface area contributed by atoms with Crippen LogP contribution in [0.15, 0.2) is 12.1 Å². The van der Waals surface area contributed by atoms with Crippen LogP contribution in [0.3, 0.4) is 0 Å². The molecule has 0 bridgehead atoms. The molecular weight excluding hydrogens is 318 g/mol. The van der Waals surface area contributed by atoms with E-state index in [0.717, 1.165) is 9.13 Å². The summed E-state index contributed by atoms with van der Waals surface area (Å²) in [7, 11) is 0. The van der Waals surface area contributed by atoms with Gasteiger partial charge in [-0.15, -0.1) is 0 Å². The first-order valence-electron chi connectivity index (χ1n) is 3.95. The molecule has 1 aliphatic rings. The predicted molar refractivity (Wildman–Crippen MR) is 59.9 cm³/mol. The third-order valence-corrected chi connectivity index (χ3v) is 3.58. The van der Waals surface area contributed by atoms with E-state index in [2.05, 4.69) is 22.6 Å². The highest BCUT2D eigenvalue weighted by atomic mass is 127. The van der Waals surface area contributed by atoms with Crippen molar-refractivity contribution in [3.63, 3.8) is 0 Å². The van der Waals surface area contributed by atoms with E-state index in [1.54, 1.807) is 12.1 Å². The van der Waals surface area contributed by atoms with Gasteiger partial charge in [-0.2, -0.15) is 0 Å². The quantitative estimate of drug-likeness (QED) is 0.807. The minimum absolute atomic E-state index is 0.390. The fourth-order valence-electron chi connectivity index (χ4n) is 1.37. The molecule has 1 N–H and O–H groups in total. The van der Waals surface area contributed by atoms with E-state index in [9.17, 15) is 4.79 Å². The van der Waals surface area contributed by atoms with Crippen molar-refractivity contribution < 1.29 is 14.6 Å². The van der Waals surface area contributed by atoms with Crippen molar-refractivity contribution in [1.29, 1.82) is 0 Å². The molecule has 0 amide bonds. The second kappa shape index (κ2) is 3.58. The maximum atomic E-state index is 10.7. The molecule has 2 rings (SSSR count). The molecule has 1 aromatic carbocycles. The van der Waals surface area contributed by atoms with Crippen LogP contribution in [0.1, 0.15) is 5.56 Å². The first-order valence-corrected chi connectivity index (χ1v) is 5.41. The van der Waals surface area contributed by atoms with Gasteiger partial charge in [-0.1, -0.05) is 11.6 Å². The van der Waals surface area contributed by atoms with Crippen molar-refractivity contribution in [1.82, 2.24) is 0 Å². The number of hydrogen-bond donors (Lipinski definition) is 1. The summed E-state index contributed by atoms with van der Waals surface area (Å²) >= 11 is 7.99. The zero-order valence-corrected chi connectivity index (χ0v) is 9.87. The second-order valence-corrected chi connectivity index (χ2v) is 4.59. The van der Waals surface area contributed by atoms with Crippen LogP contribution in [0.2, 0.25) is 5.02 Å². The molecule has 14 heavy (non-hydrogen) atoms. The Morgan fingerprint density at radius 2 is 2.36 bits per heavy atom. The molecular formula is C9H6ClIO3. The van der Waals surface area contributed by atoms with Crippen LogP contribution < -0.4 is 4.74 Å². The molecule has 1 heterocycles. The third kappa shape index (κ3) is 1.68. The lowest BCUT2D eigenvalue weighted by molar-refractivity contribution is -0.144. The lowest BCUT2D eigenvalue weighted by atomic mass is 10.1. The number of carboxylic acids is 1. The van der Waals surface area contributed by atoms with Crippen LogP contribution in [-0.2, 0) is 11.2 Å². The largest absolute Gasteiger partial charge is 0.478 e. The summed E-state index contributed by atoms with van der Waals surface area (Å²) < 4.78 is 6.11. The Hall–Kier alpha value is -0.490. The highest BCUT2D eigenvalue weighted by Gasteiger charge is 2.29. The average molecular weight is 325 g/mol. The number of hydrogen-bond acceptors (Lipinski definition) is 2. The van der Waals surface area contributed by atoms with Crippen molar-refractivity contribution in [3.8, 4) is 5.75 Å². The summed E-state index contributed by atoms with van der Waals surface area (Å²) in [5, 5.41) is 9.40. The van der Waals surface area contributed by atoms with Gasteiger partial charge in [-0.25, -0.2) is 4.79 Å². The smallest absolute Gasteiger partial charge is 0.345 e. The predicted octanol–water partition coefficient (Wildman–Crippen LogP) is 2.33. The van der Waals surface area contributed by atoms with Crippen molar-refractivity contribution in [2.45, 2.75) is 12.5 Å². The van der Waals surface area contributed by atoms with Crippen molar-refractivity contribution in [2.75, 3.05) is 0 Å². The summed E-state index contributed by atoms with van der Waals surface area (Å²) in [6, 6.07) is 3.53. The normalized spacial score (nSPS) is 18.9. The molecule has 0 aromatic heterocycles. The summed E-state index contributed by atoms with van der Waals surface area (Å²) in [5.74, 6) is -0.307. The van der Waals surface area contributed by atoms with E-state index < -0.39 is 12.1 Å². The molecule has 5 heteroatoms. The Morgan fingerprint density at radius 1 is 1.64 bits per heavy atom. The first kappa shape index (κ1) is 10.0. The zero-order chi connectivity index (χ0) is 10.3. The number of aliphatic carboxylic acids is 1. The SMILES string of the molecule is O=C(O)C1Cc2cc(Cl)c(I)cc2O1. The summed E-state index contributed by atoms with van der Waals surface area (Å²) in [6.45, 7) is 0. The Labute approximate surface area is 99.2 Å². The monoisotopic (exact) mass is 324 g/mol. The maximum Gasteiger partial charge on any atom is 0.345 e. The van der Waals surface area contributed by atoms with Gasteiger partial charge in [0.2, 0.25) is 0 Å². The van der Waals surface area contributed by atoms with Crippen molar-refractivity contribution >= 4 is 40.2 Å². The van der Waals surface area contributed by atoms with E-state index in [-0.39, 0.29) is 0 Å². The fraction of sp³-hybridized carbons (Fsp3) is 0.222. The lowest BCUT2D eigenvalue weighted by Crippen LogP contribution is -2.24. The standard InChI is InChI=1S/C9H6ClIO3/c10-5-1-4-2-8(9(12)13)14-7(4)3-6(5)11/h1,3,8H,2H2,(H,12,13). The first-order chi connectivity index (χ1) is 6.58. The number of rotatable bonds is 1. The van der Waals surface area contributed by atoms with Gasteiger partial charge in [-0.05, 0) is 34.7 Å². The number of carboxylic acid groups (broad SMARTS) is 1. The van der Waals surface area contributed by atoms with Gasteiger partial charge in [0, 0.05) is 15.6 Å². The molecule has 1 aliphatic heterocycles. The molecule has 0 radical (unpaired) electrons. The van der Waals surface area contributed by atoms with Gasteiger partial charge >= 0.3 is 5.97 Å². The van der Waals surface area contributed by atoms with Gasteiger partial charge in [0.25, 0.3) is 0 Å². The highest BCUT2D eigenvalue weighted by molar-refractivity contribution is 14.1. The minimum Gasteiger partial charge on any atom is -0.478 e. The molecule has 0 saturated heterocycles. The van der Waals surface area contributed by atoms with Gasteiger partial charge in [-0.3, -0.25) is 0 Å². The number of ether oxygens (including phenoxy) is 1. The van der Waals surface area contributed by atoms with Crippen LogP contribution in [0.4, 0.5) is 0 Å². The Morgan fingerprint density at radius 3 is 3.00 bits per heavy atom. The van der Waals surface area contributed by atoms with Gasteiger partial charge in [0.05, 0.1) is 5.02 Å². The number of fused-ring (bicyclic) bond motifs is 1. The number of benzene rings is 1. The highest BCUT2D eigenvalue weighted by Crippen LogP contribution is 2.34. The lowest BCUT2D eigenvalue weighted by Gasteiger charge is -2.04. The summed E-state index contributed by atoms with van der Waals surface area (Å²) in [5.41, 5.74) is 0.864. The molecule has 0 fully saturated rings. The van der Waals surface area contributed by atoms with Gasteiger partial charge < -0.3 is 9.84 Å². The van der Waals surface area contributed by atoms with Gasteiger partial charge in [0.1, 0.15) is 5.75 Å². The van der Waals surface area contributed by atoms with E-state index >= 15 is 0 Å².